The molecule has 19 heavy (non-hydrogen) atoms. The standard InChI is InChI=1S/C13H19BrN2O2S/c1-15-9-10-6-7-12(14)13(8-10)19(17,18)16(2)11-4-3-5-11/h6-8,11,15H,3-5,9H2,1-2H3. The van der Waals surface area contributed by atoms with E-state index in [1.807, 2.05) is 13.1 Å². The highest BCUT2D eigenvalue weighted by molar-refractivity contribution is 9.10. The van der Waals surface area contributed by atoms with Crippen LogP contribution in [0.5, 0.6) is 0 Å². The number of halogens is 1. The van der Waals surface area contributed by atoms with Gasteiger partial charge in [0.1, 0.15) is 0 Å². The molecule has 4 nitrogen and oxygen atoms in total. The minimum absolute atomic E-state index is 0.157. The summed E-state index contributed by atoms with van der Waals surface area (Å²) in [4.78, 5) is 0.356. The average Bonchev–Trinajstić information content (AvgIpc) is 2.29. The molecule has 1 aromatic carbocycles. The number of sulfonamides is 1. The van der Waals surface area contributed by atoms with Crippen molar-refractivity contribution >= 4 is 26.0 Å². The highest BCUT2D eigenvalue weighted by atomic mass is 79.9. The van der Waals surface area contributed by atoms with E-state index in [0.29, 0.717) is 15.9 Å². The number of rotatable bonds is 5. The van der Waals surface area contributed by atoms with Crippen LogP contribution in [0.4, 0.5) is 0 Å². The van der Waals surface area contributed by atoms with Crippen LogP contribution in [0.2, 0.25) is 0 Å². The molecule has 0 atom stereocenters. The van der Waals surface area contributed by atoms with E-state index in [2.05, 4.69) is 21.2 Å². The molecule has 2 rings (SSSR count). The van der Waals surface area contributed by atoms with Crippen LogP contribution in [0.25, 0.3) is 0 Å². The second kappa shape index (κ2) is 5.91. The molecule has 0 unspecified atom stereocenters. The van der Waals surface area contributed by atoms with Crippen molar-refractivity contribution in [3.8, 4) is 0 Å². The molecule has 0 amide bonds. The lowest BCUT2D eigenvalue weighted by molar-refractivity contribution is 0.249. The molecule has 0 heterocycles. The molecule has 1 fully saturated rings. The Balaban J connectivity index is 2.35. The molecule has 0 bridgehead atoms. The van der Waals surface area contributed by atoms with E-state index in [1.54, 1.807) is 19.2 Å². The van der Waals surface area contributed by atoms with Gasteiger partial charge in [0, 0.05) is 24.1 Å². The van der Waals surface area contributed by atoms with Crippen LogP contribution < -0.4 is 5.32 Å². The number of nitrogens with one attached hydrogen (secondary N) is 1. The Hall–Kier alpha value is -0.430. The highest BCUT2D eigenvalue weighted by Gasteiger charge is 2.32. The van der Waals surface area contributed by atoms with E-state index in [4.69, 9.17) is 0 Å². The topological polar surface area (TPSA) is 49.4 Å². The summed E-state index contributed by atoms with van der Waals surface area (Å²) < 4.78 is 27.4. The fourth-order valence-corrected chi connectivity index (χ4v) is 4.55. The molecule has 1 aliphatic carbocycles. The van der Waals surface area contributed by atoms with E-state index in [9.17, 15) is 8.42 Å². The van der Waals surface area contributed by atoms with Gasteiger partial charge in [-0.05, 0) is 53.5 Å². The normalized spacial score (nSPS) is 16.6. The molecule has 0 saturated heterocycles. The van der Waals surface area contributed by atoms with Gasteiger partial charge in [0.05, 0.1) is 4.90 Å². The fourth-order valence-electron chi connectivity index (χ4n) is 2.16. The van der Waals surface area contributed by atoms with Crippen molar-refractivity contribution < 1.29 is 8.42 Å². The monoisotopic (exact) mass is 346 g/mol. The summed E-state index contributed by atoms with van der Waals surface area (Å²) in [5, 5.41) is 3.03. The number of nitrogens with zero attached hydrogens (tertiary/aromatic N) is 1. The molecule has 0 spiro atoms. The maximum absolute atomic E-state index is 12.6. The predicted molar refractivity (Wildman–Crippen MR) is 79.5 cm³/mol. The molecule has 1 saturated carbocycles. The molecular formula is C13H19BrN2O2S. The Labute approximate surface area is 123 Å². The lowest BCUT2D eigenvalue weighted by atomic mass is 9.94. The van der Waals surface area contributed by atoms with Crippen LogP contribution in [0.3, 0.4) is 0 Å². The largest absolute Gasteiger partial charge is 0.316 e. The van der Waals surface area contributed by atoms with E-state index in [1.165, 1.54) is 4.31 Å². The first-order valence-corrected chi connectivity index (χ1v) is 8.61. The third kappa shape index (κ3) is 3.02. The van der Waals surface area contributed by atoms with E-state index in [0.717, 1.165) is 24.8 Å². The zero-order chi connectivity index (χ0) is 14.0. The smallest absolute Gasteiger partial charge is 0.244 e. The molecule has 106 valence electrons. The second-order valence-corrected chi connectivity index (χ2v) is 7.72. The highest BCUT2D eigenvalue weighted by Crippen LogP contribution is 2.31. The molecule has 0 aromatic heterocycles. The molecule has 1 aliphatic rings. The Bertz CT molecular complexity index is 556. The summed E-state index contributed by atoms with van der Waals surface area (Å²) >= 11 is 3.35. The van der Waals surface area contributed by atoms with Gasteiger partial charge in [-0.25, -0.2) is 8.42 Å². The molecule has 0 radical (unpaired) electrons. The van der Waals surface area contributed by atoms with Gasteiger partial charge in [0.15, 0.2) is 0 Å². The Morgan fingerprint density at radius 2 is 2.11 bits per heavy atom. The zero-order valence-corrected chi connectivity index (χ0v) is 13.6. The van der Waals surface area contributed by atoms with Crippen molar-refractivity contribution in [3.05, 3.63) is 28.2 Å². The lowest BCUT2D eigenvalue weighted by Crippen LogP contribution is -2.41. The molecule has 6 heteroatoms. The van der Waals surface area contributed by atoms with Crippen molar-refractivity contribution in [3.63, 3.8) is 0 Å². The summed E-state index contributed by atoms with van der Waals surface area (Å²) in [7, 11) is 0.109. The number of hydrogen-bond acceptors (Lipinski definition) is 3. The fraction of sp³-hybridized carbons (Fsp3) is 0.538. The van der Waals surface area contributed by atoms with Gasteiger partial charge in [0.25, 0.3) is 0 Å². The first-order chi connectivity index (χ1) is 8.96. The Morgan fingerprint density at radius 3 is 2.63 bits per heavy atom. The summed E-state index contributed by atoms with van der Waals surface area (Å²) in [5.41, 5.74) is 0.964. The van der Waals surface area contributed by atoms with Gasteiger partial charge in [-0.15, -0.1) is 0 Å². The van der Waals surface area contributed by atoms with Gasteiger partial charge >= 0.3 is 0 Å². The van der Waals surface area contributed by atoms with E-state index >= 15 is 0 Å². The van der Waals surface area contributed by atoms with Gasteiger partial charge in [0.2, 0.25) is 10.0 Å². The molecule has 0 aliphatic heterocycles. The van der Waals surface area contributed by atoms with Crippen LogP contribution in [0.15, 0.2) is 27.6 Å². The quantitative estimate of drug-likeness (QED) is 0.890. The minimum Gasteiger partial charge on any atom is -0.316 e. The third-order valence-electron chi connectivity index (χ3n) is 3.62. The van der Waals surface area contributed by atoms with Crippen LogP contribution in [0.1, 0.15) is 24.8 Å². The lowest BCUT2D eigenvalue weighted by Gasteiger charge is -2.34. The summed E-state index contributed by atoms with van der Waals surface area (Å²) in [6, 6.07) is 5.62. The van der Waals surface area contributed by atoms with Crippen molar-refractivity contribution in [1.29, 1.82) is 0 Å². The predicted octanol–water partition coefficient (Wildman–Crippen LogP) is 2.34. The third-order valence-corrected chi connectivity index (χ3v) is 6.53. The number of hydrogen-bond donors (Lipinski definition) is 1. The minimum atomic E-state index is -3.41. The maximum Gasteiger partial charge on any atom is 0.244 e. The van der Waals surface area contributed by atoms with Gasteiger partial charge < -0.3 is 5.32 Å². The Morgan fingerprint density at radius 1 is 1.42 bits per heavy atom. The van der Waals surface area contributed by atoms with Crippen molar-refractivity contribution in [2.24, 2.45) is 0 Å². The van der Waals surface area contributed by atoms with Gasteiger partial charge in [-0.2, -0.15) is 4.31 Å². The SMILES string of the molecule is CNCc1ccc(Br)c(S(=O)(=O)N(C)C2CCC2)c1. The first-order valence-electron chi connectivity index (χ1n) is 6.38. The average molecular weight is 347 g/mol. The van der Waals surface area contributed by atoms with Crippen LogP contribution in [0, 0.1) is 0 Å². The van der Waals surface area contributed by atoms with Crippen molar-refractivity contribution in [2.45, 2.75) is 36.7 Å². The van der Waals surface area contributed by atoms with Crippen LogP contribution in [-0.2, 0) is 16.6 Å². The van der Waals surface area contributed by atoms with Crippen molar-refractivity contribution in [1.82, 2.24) is 9.62 Å². The van der Waals surface area contributed by atoms with E-state index < -0.39 is 10.0 Å². The summed E-state index contributed by atoms with van der Waals surface area (Å²) in [6.45, 7) is 0.656. The van der Waals surface area contributed by atoms with Crippen LogP contribution in [-0.4, -0.2) is 32.9 Å². The van der Waals surface area contributed by atoms with Gasteiger partial charge in [-0.1, -0.05) is 12.5 Å². The van der Waals surface area contributed by atoms with Crippen LogP contribution >= 0.6 is 15.9 Å². The first kappa shape index (κ1) is 15.0. The number of benzene rings is 1. The molecule has 1 N–H and O–H groups in total. The maximum atomic E-state index is 12.6. The van der Waals surface area contributed by atoms with Crippen molar-refractivity contribution in [2.75, 3.05) is 14.1 Å². The van der Waals surface area contributed by atoms with Gasteiger partial charge in [-0.3, -0.25) is 0 Å². The summed E-state index contributed by atoms with van der Waals surface area (Å²) in [6.07, 6.45) is 3.04. The van der Waals surface area contributed by atoms with E-state index in [-0.39, 0.29) is 6.04 Å². The molecule has 1 aromatic rings. The second-order valence-electron chi connectivity index (χ2n) is 4.90. The Kier molecular flexibility index (Phi) is 4.66. The zero-order valence-electron chi connectivity index (χ0n) is 11.2. The molecular weight excluding hydrogens is 328 g/mol. The summed E-state index contributed by atoms with van der Waals surface area (Å²) in [5.74, 6) is 0.